The Labute approximate surface area is 130 Å². The Morgan fingerprint density at radius 3 is 2.71 bits per heavy atom. The summed E-state index contributed by atoms with van der Waals surface area (Å²) in [6.45, 7) is 0. The number of nitrogens with zero attached hydrogens (tertiary/aromatic N) is 3. The highest BCUT2D eigenvalue weighted by molar-refractivity contribution is 6.36. The van der Waals surface area contributed by atoms with Crippen LogP contribution in [-0.2, 0) is 0 Å². The van der Waals surface area contributed by atoms with Gasteiger partial charge in [0.15, 0.2) is 0 Å². The summed E-state index contributed by atoms with van der Waals surface area (Å²) in [6.07, 6.45) is 1.62. The predicted molar refractivity (Wildman–Crippen MR) is 83.8 cm³/mol. The first-order valence-corrected chi connectivity index (χ1v) is 6.77. The molecular weight excluding hydrogens is 311 g/mol. The standard InChI is InChI=1S/C14H10Cl2N4O/c1-21-13-10(17)5-7(6-18-13)11-8-3-2-4-9(15)12(8)20-14(16)19-11/h2-6H,17H2,1H3. The molecule has 0 atom stereocenters. The number of hydrogen-bond donors (Lipinski definition) is 1. The van der Waals surface area contributed by atoms with Crippen LogP contribution in [0.25, 0.3) is 22.2 Å². The van der Waals surface area contributed by atoms with E-state index < -0.39 is 0 Å². The molecule has 0 amide bonds. The first-order chi connectivity index (χ1) is 10.1. The zero-order valence-electron chi connectivity index (χ0n) is 11.0. The first-order valence-electron chi connectivity index (χ1n) is 6.02. The summed E-state index contributed by atoms with van der Waals surface area (Å²) in [7, 11) is 1.51. The largest absolute Gasteiger partial charge is 0.480 e. The Hall–Kier alpha value is -2.11. The van der Waals surface area contributed by atoms with Gasteiger partial charge in [-0.1, -0.05) is 23.7 Å². The third-order valence-corrected chi connectivity index (χ3v) is 3.47. The number of para-hydroxylation sites is 1. The molecule has 0 spiro atoms. The maximum Gasteiger partial charge on any atom is 0.236 e. The van der Waals surface area contributed by atoms with E-state index in [-0.39, 0.29) is 5.28 Å². The van der Waals surface area contributed by atoms with Gasteiger partial charge in [-0.25, -0.2) is 15.0 Å². The molecule has 2 aromatic heterocycles. The molecule has 3 aromatic rings. The number of nitrogen functional groups attached to an aromatic ring is 1. The van der Waals surface area contributed by atoms with Gasteiger partial charge < -0.3 is 10.5 Å². The highest BCUT2D eigenvalue weighted by atomic mass is 35.5. The number of aromatic nitrogens is 3. The van der Waals surface area contributed by atoms with Crippen LogP contribution >= 0.6 is 23.2 Å². The molecule has 0 aliphatic carbocycles. The van der Waals surface area contributed by atoms with Gasteiger partial charge in [0, 0.05) is 17.1 Å². The summed E-state index contributed by atoms with van der Waals surface area (Å²) in [5, 5.41) is 1.39. The smallest absolute Gasteiger partial charge is 0.236 e. The zero-order valence-corrected chi connectivity index (χ0v) is 12.5. The van der Waals surface area contributed by atoms with Gasteiger partial charge in [0.1, 0.15) is 0 Å². The van der Waals surface area contributed by atoms with Crippen molar-refractivity contribution in [3.05, 3.63) is 40.8 Å². The summed E-state index contributed by atoms with van der Waals surface area (Å²) in [6, 6.07) is 7.17. The van der Waals surface area contributed by atoms with Gasteiger partial charge in [-0.05, 0) is 23.7 Å². The van der Waals surface area contributed by atoms with E-state index in [1.165, 1.54) is 7.11 Å². The second-order valence-corrected chi connectivity index (χ2v) is 5.05. The molecule has 2 N–H and O–H groups in total. The average molecular weight is 321 g/mol. The van der Waals surface area contributed by atoms with E-state index in [2.05, 4.69) is 15.0 Å². The van der Waals surface area contributed by atoms with Crippen molar-refractivity contribution in [3.8, 4) is 17.1 Å². The summed E-state index contributed by atoms with van der Waals surface area (Å²) in [5.41, 5.74) is 8.23. The normalized spacial score (nSPS) is 10.8. The fourth-order valence-electron chi connectivity index (χ4n) is 2.08. The van der Waals surface area contributed by atoms with Crippen LogP contribution < -0.4 is 10.5 Å². The van der Waals surface area contributed by atoms with Crippen LogP contribution in [0.5, 0.6) is 5.88 Å². The molecule has 0 fully saturated rings. The van der Waals surface area contributed by atoms with E-state index in [4.69, 9.17) is 33.7 Å². The summed E-state index contributed by atoms with van der Waals surface area (Å²) < 4.78 is 5.05. The monoisotopic (exact) mass is 320 g/mol. The highest BCUT2D eigenvalue weighted by Gasteiger charge is 2.13. The minimum Gasteiger partial charge on any atom is -0.480 e. The number of pyridine rings is 1. The van der Waals surface area contributed by atoms with Gasteiger partial charge in [-0.2, -0.15) is 0 Å². The van der Waals surface area contributed by atoms with Crippen LogP contribution in [0.4, 0.5) is 5.69 Å². The topological polar surface area (TPSA) is 73.9 Å². The summed E-state index contributed by atoms with van der Waals surface area (Å²) in [5.74, 6) is 0.362. The van der Waals surface area contributed by atoms with Crippen molar-refractivity contribution in [1.29, 1.82) is 0 Å². The van der Waals surface area contributed by atoms with Crippen LogP contribution in [0.1, 0.15) is 0 Å². The van der Waals surface area contributed by atoms with Crippen LogP contribution in [-0.4, -0.2) is 22.1 Å². The molecular formula is C14H10Cl2N4O. The van der Waals surface area contributed by atoms with Crippen molar-refractivity contribution < 1.29 is 4.74 Å². The van der Waals surface area contributed by atoms with Crippen molar-refractivity contribution in [2.75, 3.05) is 12.8 Å². The molecule has 0 bridgehead atoms. The molecule has 0 unspecified atom stereocenters. The molecule has 21 heavy (non-hydrogen) atoms. The number of anilines is 1. The van der Waals surface area contributed by atoms with Gasteiger partial charge in [-0.15, -0.1) is 0 Å². The lowest BCUT2D eigenvalue weighted by molar-refractivity contribution is 0.400. The molecule has 2 heterocycles. The van der Waals surface area contributed by atoms with E-state index in [0.29, 0.717) is 33.4 Å². The fraction of sp³-hybridized carbons (Fsp3) is 0.0714. The average Bonchev–Trinajstić information content (AvgIpc) is 2.47. The number of fused-ring (bicyclic) bond motifs is 1. The van der Waals surface area contributed by atoms with Crippen molar-refractivity contribution in [2.45, 2.75) is 0 Å². The van der Waals surface area contributed by atoms with Gasteiger partial charge in [0.05, 0.1) is 29.0 Å². The second kappa shape index (κ2) is 5.35. The van der Waals surface area contributed by atoms with Crippen LogP contribution in [0.15, 0.2) is 30.5 Å². The molecule has 5 nitrogen and oxygen atoms in total. The van der Waals surface area contributed by atoms with E-state index in [1.807, 2.05) is 12.1 Å². The third-order valence-electron chi connectivity index (χ3n) is 3.00. The molecule has 0 aliphatic heterocycles. The maximum atomic E-state index is 6.16. The first kappa shape index (κ1) is 13.9. The third kappa shape index (κ3) is 2.46. The van der Waals surface area contributed by atoms with Crippen molar-refractivity contribution in [1.82, 2.24) is 15.0 Å². The Kier molecular flexibility index (Phi) is 3.53. The maximum absolute atomic E-state index is 6.16. The van der Waals surface area contributed by atoms with E-state index in [9.17, 15) is 0 Å². The molecule has 3 rings (SSSR count). The molecule has 0 saturated heterocycles. The Morgan fingerprint density at radius 1 is 1.19 bits per heavy atom. The van der Waals surface area contributed by atoms with Crippen LogP contribution in [0.2, 0.25) is 10.3 Å². The van der Waals surface area contributed by atoms with E-state index in [1.54, 1.807) is 18.3 Å². The van der Waals surface area contributed by atoms with Crippen molar-refractivity contribution in [2.24, 2.45) is 0 Å². The molecule has 0 saturated carbocycles. The van der Waals surface area contributed by atoms with E-state index >= 15 is 0 Å². The predicted octanol–water partition coefficient (Wildman–Crippen LogP) is 3.59. The zero-order chi connectivity index (χ0) is 15.0. The quantitative estimate of drug-likeness (QED) is 0.730. The lowest BCUT2D eigenvalue weighted by Gasteiger charge is -2.09. The minimum atomic E-state index is 0.111. The number of benzene rings is 1. The lowest BCUT2D eigenvalue weighted by atomic mass is 10.1. The number of nitrogens with two attached hydrogens (primary N) is 1. The van der Waals surface area contributed by atoms with Crippen LogP contribution in [0.3, 0.4) is 0 Å². The number of ether oxygens (including phenoxy) is 1. The fourth-order valence-corrected chi connectivity index (χ4v) is 2.46. The number of rotatable bonds is 2. The SMILES string of the molecule is COc1ncc(-c2nc(Cl)nc3c(Cl)cccc23)cc1N. The molecule has 1 aromatic carbocycles. The molecule has 0 aliphatic rings. The Bertz CT molecular complexity index is 839. The van der Waals surface area contributed by atoms with Gasteiger partial charge >= 0.3 is 0 Å². The number of halogens is 2. The summed E-state index contributed by atoms with van der Waals surface area (Å²) in [4.78, 5) is 12.6. The van der Waals surface area contributed by atoms with E-state index in [0.717, 1.165) is 5.39 Å². The molecule has 0 radical (unpaired) electrons. The van der Waals surface area contributed by atoms with Gasteiger partial charge in [-0.3, -0.25) is 0 Å². The summed E-state index contributed by atoms with van der Waals surface area (Å²) >= 11 is 12.1. The molecule has 106 valence electrons. The number of hydrogen-bond acceptors (Lipinski definition) is 5. The Balaban J connectivity index is 2.29. The second-order valence-electron chi connectivity index (χ2n) is 4.30. The van der Waals surface area contributed by atoms with Gasteiger partial charge in [0.25, 0.3) is 0 Å². The Morgan fingerprint density at radius 2 is 2.00 bits per heavy atom. The highest BCUT2D eigenvalue weighted by Crippen LogP contribution is 2.32. The van der Waals surface area contributed by atoms with Crippen molar-refractivity contribution >= 4 is 39.8 Å². The molecule has 7 heteroatoms. The minimum absolute atomic E-state index is 0.111. The van der Waals surface area contributed by atoms with Crippen molar-refractivity contribution in [3.63, 3.8) is 0 Å². The van der Waals surface area contributed by atoms with Crippen LogP contribution in [0, 0.1) is 0 Å². The van der Waals surface area contributed by atoms with Gasteiger partial charge in [0.2, 0.25) is 11.2 Å². The number of methoxy groups -OCH3 is 1. The lowest BCUT2D eigenvalue weighted by Crippen LogP contribution is -1.97.